The summed E-state index contributed by atoms with van der Waals surface area (Å²) in [6, 6.07) is 13.8. The lowest BCUT2D eigenvalue weighted by atomic mass is 10.1. The van der Waals surface area contributed by atoms with Gasteiger partial charge >= 0.3 is 0 Å². The maximum Gasteiger partial charge on any atom is 0.261 e. The zero-order valence-corrected chi connectivity index (χ0v) is 16.5. The van der Waals surface area contributed by atoms with Crippen molar-refractivity contribution in [2.24, 2.45) is 0 Å². The minimum Gasteiger partial charge on any atom is -0.497 e. The van der Waals surface area contributed by atoms with Crippen molar-refractivity contribution in [3.8, 4) is 11.5 Å². The number of nitrogens with one attached hydrogen (secondary N) is 1. The number of rotatable bonds is 9. The Morgan fingerprint density at radius 1 is 1.00 bits per heavy atom. The molecule has 1 aliphatic heterocycles. The third-order valence-corrected chi connectivity index (χ3v) is 4.63. The van der Waals surface area contributed by atoms with Gasteiger partial charge in [0.25, 0.3) is 11.8 Å². The summed E-state index contributed by atoms with van der Waals surface area (Å²) in [5.74, 6) is 0.696. The lowest BCUT2D eigenvalue weighted by Crippen LogP contribution is -2.37. The van der Waals surface area contributed by atoms with E-state index in [-0.39, 0.29) is 36.7 Å². The summed E-state index contributed by atoms with van der Waals surface area (Å²) in [6.45, 7) is 2.40. The van der Waals surface area contributed by atoms with Crippen LogP contribution in [0.15, 0.2) is 48.5 Å². The zero-order valence-electron chi connectivity index (χ0n) is 16.5. The first kappa shape index (κ1) is 20.4. The highest BCUT2D eigenvalue weighted by Gasteiger charge is 2.34. The molecule has 7 nitrogen and oxygen atoms in total. The van der Waals surface area contributed by atoms with E-state index < -0.39 is 0 Å². The summed E-state index contributed by atoms with van der Waals surface area (Å²) in [5.41, 5.74) is 0.845. The number of ether oxygens (including phenoxy) is 2. The Bertz CT molecular complexity index is 859. The van der Waals surface area contributed by atoms with Gasteiger partial charge in [0.2, 0.25) is 5.91 Å². The molecule has 7 heteroatoms. The molecular formula is C22H24N2O5. The van der Waals surface area contributed by atoms with Crippen LogP contribution in [-0.2, 0) is 4.79 Å². The first-order chi connectivity index (χ1) is 14.0. The first-order valence-electron chi connectivity index (χ1n) is 9.51. The summed E-state index contributed by atoms with van der Waals surface area (Å²) in [6.07, 6.45) is 0.629. The Morgan fingerprint density at radius 2 is 1.59 bits per heavy atom. The van der Waals surface area contributed by atoms with Crippen molar-refractivity contribution < 1.29 is 23.9 Å². The molecule has 29 heavy (non-hydrogen) atoms. The van der Waals surface area contributed by atoms with Gasteiger partial charge in [0, 0.05) is 13.0 Å². The molecule has 0 saturated heterocycles. The van der Waals surface area contributed by atoms with Gasteiger partial charge in [-0.25, -0.2) is 0 Å². The van der Waals surface area contributed by atoms with Gasteiger partial charge in [-0.05, 0) is 49.7 Å². The molecule has 0 saturated carbocycles. The molecule has 0 fully saturated rings. The molecule has 152 valence electrons. The normalized spacial score (nSPS) is 13.8. The maximum absolute atomic E-state index is 12.3. The Hall–Kier alpha value is -3.35. The monoisotopic (exact) mass is 396 g/mol. The Morgan fingerprint density at radius 3 is 2.17 bits per heavy atom. The highest BCUT2D eigenvalue weighted by molar-refractivity contribution is 6.21. The topological polar surface area (TPSA) is 84.9 Å². The predicted molar refractivity (Wildman–Crippen MR) is 107 cm³/mol. The van der Waals surface area contributed by atoms with Gasteiger partial charge in [-0.3, -0.25) is 19.3 Å². The minimum atomic E-state index is -0.299. The number of hydrogen-bond donors (Lipinski definition) is 1. The molecule has 2 aromatic rings. The summed E-state index contributed by atoms with van der Waals surface area (Å²) in [7, 11) is 1.60. The van der Waals surface area contributed by atoms with Crippen molar-refractivity contribution in [2.75, 3.05) is 20.3 Å². The fourth-order valence-electron chi connectivity index (χ4n) is 3.12. The smallest absolute Gasteiger partial charge is 0.261 e. The van der Waals surface area contributed by atoms with E-state index in [2.05, 4.69) is 5.32 Å². The van der Waals surface area contributed by atoms with E-state index in [4.69, 9.17) is 9.47 Å². The van der Waals surface area contributed by atoms with Crippen molar-refractivity contribution in [3.63, 3.8) is 0 Å². The summed E-state index contributed by atoms with van der Waals surface area (Å²) in [4.78, 5) is 37.9. The molecule has 2 aromatic carbocycles. The fourth-order valence-corrected chi connectivity index (χ4v) is 3.12. The summed E-state index contributed by atoms with van der Waals surface area (Å²) < 4.78 is 10.7. The number of imide groups is 1. The molecular weight excluding hydrogens is 372 g/mol. The van der Waals surface area contributed by atoms with Crippen LogP contribution < -0.4 is 14.8 Å². The average molecular weight is 396 g/mol. The second-order valence-electron chi connectivity index (χ2n) is 6.87. The Balaban J connectivity index is 1.38. The lowest BCUT2D eigenvalue weighted by Gasteiger charge is -2.16. The number of benzene rings is 2. The number of carbonyl (C=O) groups is 3. The van der Waals surface area contributed by atoms with Crippen molar-refractivity contribution in [3.05, 3.63) is 59.7 Å². The fraction of sp³-hybridized carbons (Fsp3) is 0.318. The molecule has 0 spiro atoms. The third-order valence-electron chi connectivity index (χ3n) is 4.63. The minimum absolute atomic E-state index is 0.146. The van der Waals surface area contributed by atoms with Crippen LogP contribution in [0.3, 0.4) is 0 Å². The average Bonchev–Trinajstić information content (AvgIpc) is 2.97. The summed E-state index contributed by atoms with van der Waals surface area (Å²) in [5, 5.41) is 2.86. The van der Waals surface area contributed by atoms with Crippen molar-refractivity contribution in [1.82, 2.24) is 10.2 Å². The van der Waals surface area contributed by atoms with E-state index in [1.807, 2.05) is 6.92 Å². The van der Waals surface area contributed by atoms with E-state index in [0.29, 0.717) is 29.9 Å². The van der Waals surface area contributed by atoms with Crippen LogP contribution in [-0.4, -0.2) is 48.9 Å². The van der Waals surface area contributed by atoms with Crippen molar-refractivity contribution in [1.29, 1.82) is 0 Å². The van der Waals surface area contributed by atoms with E-state index in [1.165, 1.54) is 4.90 Å². The maximum atomic E-state index is 12.3. The quantitative estimate of drug-likeness (QED) is 0.659. The predicted octanol–water partition coefficient (Wildman–Crippen LogP) is 2.66. The number of nitrogens with zero attached hydrogens (tertiary/aromatic N) is 1. The van der Waals surface area contributed by atoms with Crippen LogP contribution in [0.2, 0.25) is 0 Å². The second-order valence-corrected chi connectivity index (χ2v) is 6.87. The molecule has 0 aromatic heterocycles. The third kappa shape index (κ3) is 4.93. The molecule has 0 bridgehead atoms. The van der Waals surface area contributed by atoms with Crippen LogP contribution in [0.25, 0.3) is 0 Å². The van der Waals surface area contributed by atoms with Crippen LogP contribution >= 0.6 is 0 Å². The molecule has 0 radical (unpaired) electrons. The number of amides is 3. The Kier molecular flexibility index (Phi) is 6.49. The van der Waals surface area contributed by atoms with Crippen LogP contribution in [0.4, 0.5) is 0 Å². The molecule has 1 heterocycles. The van der Waals surface area contributed by atoms with Crippen LogP contribution in [0.5, 0.6) is 11.5 Å². The van der Waals surface area contributed by atoms with Gasteiger partial charge in [0.05, 0.1) is 24.3 Å². The number of fused-ring (bicyclic) bond motifs is 1. The largest absolute Gasteiger partial charge is 0.497 e. The number of hydrogen-bond acceptors (Lipinski definition) is 5. The number of carbonyl (C=O) groups excluding carboxylic acids is 3. The second kappa shape index (κ2) is 9.23. The molecule has 1 aliphatic rings. The lowest BCUT2D eigenvalue weighted by molar-refractivity contribution is -0.122. The van der Waals surface area contributed by atoms with Gasteiger partial charge in [-0.2, -0.15) is 0 Å². The molecule has 1 atom stereocenters. The molecule has 3 amide bonds. The van der Waals surface area contributed by atoms with Gasteiger partial charge in [0.1, 0.15) is 18.1 Å². The Labute approximate surface area is 169 Å². The van der Waals surface area contributed by atoms with E-state index in [1.54, 1.807) is 55.6 Å². The van der Waals surface area contributed by atoms with Crippen LogP contribution in [0, 0.1) is 0 Å². The van der Waals surface area contributed by atoms with Crippen molar-refractivity contribution >= 4 is 17.7 Å². The highest BCUT2D eigenvalue weighted by Crippen LogP contribution is 2.22. The van der Waals surface area contributed by atoms with E-state index in [0.717, 1.165) is 5.75 Å². The van der Waals surface area contributed by atoms with Gasteiger partial charge in [0.15, 0.2) is 0 Å². The van der Waals surface area contributed by atoms with Crippen LogP contribution in [0.1, 0.15) is 40.5 Å². The van der Waals surface area contributed by atoms with Gasteiger partial charge < -0.3 is 14.8 Å². The van der Waals surface area contributed by atoms with Gasteiger partial charge in [-0.1, -0.05) is 12.1 Å². The zero-order chi connectivity index (χ0) is 20.8. The highest BCUT2D eigenvalue weighted by atomic mass is 16.5. The molecule has 3 rings (SSSR count). The van der Waals surface area contributed by atoms with E-state index in [9.17, 15) is 14.4 Å². The summed E-state index contributed by atoms with van der Waals surface area (Å²) >= 11 is 0. The van der Waals surface area contributed by atoms with Crippen molar-refractivity contribution in [2.45, 2.75) is 25.8 Å². The standard InChI is InChI=1S/C22H24N2O5/c1-15(14-29-17-11-9-16(28-2)10-12-17)23-20(25)8-5-13-24-21(26)18-6-3-4-7-19(18)22(24)27/h3-4,6-7,9-12,15H,5,8,13-14H2,1-2H3,(H,23,25)/t15-/m1/s1. The molecule has 0 aliphatic carbocycles. The first-order valence-corrected chi connectivity index (χ1v) is 9.51. The van der Waals surface area contributed by atoms with Gasteiger partial charge in [-0.15, -0.1) is 0 Å². The SMILES string of the molecule is COc1ccc(OC[C@@H](C)NC(=O)CCCN2C(=O)c3ccccc3C2=O)cc1. The molecule has 1 N–H and O–H groups in total. The molecule has 0 unspecified atom stereocenters. The number of methoxy groups -OCH3 is 1. The van der Waals surface area contributed by atoms with E-state index >= 15 is 0 Å².